The molecule has 0 unspecified atom stereocenters. The van der Waals surface area contributed by atoms with Crippen LogP contribution < -0.4 is 0 Å². The smallest absolute Gasteiger partial charge is 0.420 e. The maximum absolute atomic E-state index is 15.1. The standard InChI is InChI=1S/C32H27F5O2S/c1-3-29(38)26-16-10-21(30(31(26)39)32(35,36)37)7-5-19-6-14-24(27(33)17-19)25-15-11-22(18-28(25)34)20-8-12-23(13-9-20)40-4-2/h6,8-18,39H,3-5,7H2,1-2H3. The molecule has 0 fully saturated rings. The number of hydrogen-bond acceptors (Lipinski definition) is 3. The van der Waals surface area contributed by atoms with Gasteiger partial charge in [0.05, 0.1) is 5.56 Å². The third kappa shape index (κ3) is 6.39. The van der Waals surface area contributed by atoms with Gasteiger partial charge in [-0.3, -0.25) is 4.79 Å². The van der Waals surface area contributed by atoms with Crippen molar-refractivity contribution in [2.24, 2.45) is 0 Å². The first-order valence-electron chi connectivity index (χ1n) is 12.8. The van der Waals surface area contributed by atoms with E-state index in [0.717, 1.165) is 16.2 Å². The van der Waals surface area contributed by atoms with Crippen molar-refractivity contribution in [2.45, 2.75) is 44.2 Å². The fourth-order valence-electron chi connectivity index (χ4n) is 4.61. The maximum Gasteiger partial charge on any atom is 0.420 e. The molecule has 8 heteroatoms. The molecule has 40 heavy (non-hydrogen) atoms. The molecule has 208 valence electrons. The van der Waals surface area contributed by atoms with E-state index in [4.69, 9.17) is 0 Å². The number of alkyl halides is 3. The number of halogens is 5. The first-order valence-corrected chi connectivity index (χ1v) is 13.8. The summed E-state index contributed by atoms with van der Waals surface area (Å²) in [4.78, 5) is 13.1. The summed E-state index contributed by atoms with van der Waals surface area (Å²) in [5.41, 5.74) is 0.166. The minimum Gasteiger partial charge on any atom is -0.507 e. The summed E-state index contributed by atoms with van der Waals surface area (Å²) in [6.45, 7) is 3.55. The quantitative estimate of drug-likeness (QED) is 0.124. The minimum atomic E-state index is -4.88. The van der Waals surface area contributed by atoms with Gasteiger partial charge < -0.3 is 5.11 Å². The van der Waals surface area contributed by atoms with Crippen molar-refractivity contribution in [2.75, 3.05) is 5.75 Å². The highest BCUT2D eigenvalue weighted by Crippen LogP contribution is 2.41. The van der Waals surface area contributed by atoms with Crippen LogP contribution in [-0.4, -0.2) is 16.6 Å². The van der Waals surface area contributed by atoms with Crippen LogP contribution in [0.4, 0.5) is 22.0 Å². The zero-order valence-corrected chi connectivity index (χ0v) is 22.7. The number of hydrogen-bond donors (Lipinski definition) is 1. The number of aryl methyl sites for hydroxylation is 2. The Morgan fingerprint density at radius 2 is 1.43 bits per heavy atom. The Morgan fingerprint density at radius 1 is 0.800 bits per heavy atom. The van der Waals surface area contributed by atoms with Crippen LogP contribution in [0.3, 0.4) is 0 Å². The van der Waals surface area contributed by atoms with Crippen molar-refractivity contribution < 1.29 is 31.9 Å². The van der Waals surface area contributed by atoms with Crippen LogP contribution in [0.5, 0.6) is 5.75 Å². The average molecular weight is 571 g/mol. The van der Waals surface area contributed by atoms with E-state index in [2.05, 4.69) is 6.92 Å². The van der Waals surface area contributed by atoms with Gasteiger partial charge in [0.25, 0.3) is 0 Å². The molecule has 4 aromatic carbocycles. The lowest BCUT2D eigenvalue weighted by Crippen LogP contribution is -2.13. The lowest BCUT2D eigenvalue weighted by molar-refractivity contribution is -0.139. The summed E-state index contributed by atoms with van der Waals surface area (Å²) < 4.78 is 71.4. The topological polar surface area (TPSA) is 37.3 Å². The predicted octanol–water partition coefficient (Wildman–Crippen LogP) is 9.51. The molecule has 0 aromatic heterocycles. The van der Waals surface area contributed by atoms with Gasteiger partial charge in [-0.15, -0.1) is 11.8 Å². The Balaban J connectivity index is 1.55. The van der Waals surface area contributed by atoms with E-state index in [0.29, 0.717) is 11.1 Å². The number of carbonyl (C=O) groups excluding carboxylic acids is 1. The lowest BCUT2D eigenvalue weighted by Gasteiger charge is -2.17. The van der Waals surface area contributed by atoms with Gasteiger partial charge in [0.15, 0.2) is 5.78 Å². The summed E-state index contributed by atoms with van der Waals surface area (Å²) in [5, 5.41) is 10.2. The SMILES string of the molecule is CCSc1ccc(-c2ccc(-c3ccc(CCc4ccc(C(=O)CC)c(O)c4C(F)(F)F)cc3F)c(F)c2)cc1. The van der Waals surface area contributed by atoms with Crippen molar-refractivity contribution in [1.29, 1.82) is 0 Å². The first-order chi connectivity index (χ1) is 19.0. The number of Topliss-reactive ketones (excluding diaryl/α,β-unsaturated/α-hetero) is 1. The Hall–Kier alpha value is -3.65. The molecule has 0 bridgehead atoms. The number of thioether (sulfide) groups is 1. The minimum absolute atomic E-state index is 0.0362. The van der Waals surface area contributed by atoms with Gasteiger partial charge in [-0.25, -0.2) is 8.78 Å². The van der Waals surface area contributed by atoms with Gasteiger partial charge >= 0.3 is 6.18 Å². The second kappa shape index (κ2) is 12.3. The third-order valence-electron chi connectivity index (χ3n) is 6.64. The number of carbonyl (C=O) groups is 1. The zero-order chi connectivity index (χ0) is 29.0. The second-order valence-corrected chi connectivity index (χ2v) is 10.6. The molecule has 1 N–H and O–H groups in total. The summed E-state index contributed by atoms with van der Waals surface area (Å²) in [5.74, 6) is -2.04. The van der Waals surface area contributed by atoms with Crippen LogP contribution in [0.15, 0.2) is 77.7 Å². The van der Waals surface area contributed by atoms with Gasteiger partial charge in [0.2, 0.25) is 0 Å². The molecule has 0 radical (unpaired) electrons. The molecule has 0 aliphatic heterocycles. The number of phenolic OH excluding ortho intramolecular Hbond substituents is 1. The molecule has 0 amide bonds. The largest absolute Gasteiger partial charge is 0.507 e. The summed E-state index contributed by atoms with van der Waals surface area (Å²) in [6.07, 6.45) is -5.04. The monoisotopic (exact) mass is 570 g/mol. The van der Waals surface area contributed by atoms with E-state index in [1.54, 1.807) is 17.8 Å². The summed E-state index contributed by atoms with van der Waals surface area (Å²) in [6, 6.07) is 18.8. The van der Waals surface area contributed by atoms with E-state index in [9.17, 15) is 23.1 Å². The Kier molecular flexibility index (Phi) is 8.98. The van der Waals surface area contributed by atoms with E-state index in [-0.39, 0.29) is 41.5 Å². The van der Waals surface area contributed by atoms with Crippen molar-refractivity contribution in [3.8, 4) is 28.0 Å². The van der Waals surface area contributed by atoms with E-state index >= 15 is 8.78 Å². The van der Waals surface area contributed by atoms with E-state index in [1.807, 2.05) is 24.3 Å². The highest BCUT2D eigenvalue weighted by atomic mass is 32.2. The Labute approximate surface area is 233 Å². The van der Waals surface area contributed by atoms with Crippen LogP contribution in [0, 0.1) is 11.6 Å². The second-order valence-electron chi connectivity index (χ2n) is 9.24. The maximum atomic E-state index is 15.1. The molecular formula is C32H27F5O2S. The highest BCUT2D eigenvalue weighted by molar-refractivity contribution is 7.99. The predicted molar refractivity (Wildman–Crippen MR) is 149 cm³/mol. The fourth-order valence-corrected chi connectivity index (χ4v) is 5.27. The fraction of sp³-hybridized carbons (Fsp3) is 0.219. The van der Waals surface area contributed by atoms with Crippen molar-refractivity contribution >= 4 is 17.5 Å². The van der Waals surface area contributed by atoms with Gasteiger partial charge in [-0.1, -0.05) is 56.3 Å². The number of benzene rings is 4. The van der Waals surface area contributed by atoms with Crippen molar-refractivity contribution in [3.05, 3.63) is 107 Å². The highest BCUT2D eigenvalue weighted by Gasteiger charge is 2.38. The molecule has 0 saturated carbocycles. The van der Waals surface area contributed by atoms with E-state index in [1.165, 1.54) is 49.4 Å². The summed E-state index contributed by atoms with van der Waals surface area (Å²) >= 11 is 1.70. The van der Waals surface area contributed by atoms with Gasteiger partial charge in [0.1, 0.15) is 22.9 Å². The Bertz CT molecular complexity index is 1530. The van der Waals surface area contributed by atoms with Crippen LogP contribution in [0.25, 0.3) is 22.3 Å². The summed E-state index contributed by atoms with van der Waals surface area (Å²) in [7, 11) is 0. The third-order valence-corrected chi connectivity index (χ3v) is 7.54. The zero-order valence-electron chi connectivity index (χ0n) is 21.9. The molecule has 4 rings (SSSR count). The van der Waals surface area contributed by atoms with E-state index < -0.39 is 34.9 Å². The number of aromatic hydroxyl groups is 1. The van der Waals surface area contributed by atoms with Crippen LogP contribution in [0.2, 0.25) is 0 Å². The molecule has 2 nitrogen and oxygen atoms in total. The van der Waals surface area contributed by atoms with Gasteiger partial charge in [0, 0.05) is 22.4 Å². The van der Waals surface area contributed by atoms with Gasteiger partial charge in [-0.2, -0.15) is 13.2 Å². The molecule has 0 spiro atoms. The number of rotatable bonds is 9. The number of phenols is 1. The normalized spacial score (nSPS) is 11.6. The van der Waals surface area contributed by atoms with Crippen LogP contribution >= 0.6 is 11.8 Å². The lowest BCUT2D eigenvalue weighted by atomic mass is 9.93. The molecule has 4 aromatic rings. The number of ketones is 1. The molecule has 0 atom stereocenters. The Morgan fingerprint density at radius 3 is 2.00 bits per heavy atom. The van der Waals surface area contributed by atoms with Crippen molar-refractivity contribution in [1.82, 2.24) is 0 Å². The molecule has 0 saturated heterocycles. The average Bonchev–Trinajstić information content (AvgIpc) is 2.91. The molecule has 0 heterocycles. The van der Waals surface area contributed by atoms with Crippen molar-refractivity contribution in [3.63, 3.8) is 0 Å². The molecular weight excluding hydrogens is 543 g/mol. The first kappa shape index (κ1) is 29.3. The van der Waals surface area contributed by atoms with Crippen LogP contribution in [0.1, 0.15) is 47.3 Å². The molecule has 0 aliphatic carbocycles. The van der Waals surface area contributed by atoms with Crippen LogP contribution in [-0.2, 0) is 19.0 Å². The van der Waals surface area contributed by atoms with Gasteiger partial charge in [-0.05, 0) is 71.2 Å². The molecule has 0 aliphatic rings.